The number of hydrogen-bond acceptors (Lipinski definition) is 6. The third-order valence-corrected chi connectivity index (χ3v) is 4.61. The standard InChI is InChI=1S/C15H12N2O3S2/c18-14(16-7-11-2-1-5-21-11)8-20-15(19)10-3-4-12-13(6-10)22-9-17-12/h1-6,9H,7-8H2,(H,16,18). The van der Waals surface area contributed by atoms with Crippen molar-refractivity contribution in [3.63, 3.8) is 0 Å². The number of carbonyl (C=O) groups is 2. The second-order valence-corrected chi connectivity index (χ2v) is 6.39. The number of carbonyl (C=O) groups excluding carboxylic acids is 2. The van der Waals surface area contributed by atoms with Crippen LogP contribution in [0.3, 0.4) is 0 Å². The van der Waals surface area contributed by atoms with Gasteiger partial charge in [-0.1, -0.05) is 6.07 Å². The second-order valence-electron chi connectivity index (χ2n) is 4.47. The topological polar surface area (TPSA) is 68.3 Å². The van der Waals surface area contributed by atoms with Crippen LogP contribution in [0.1, 0.15) is 15.2 Å². The van der Waals surface area contributed by atoms with Gasteiger partial charge in [-0.05, 0) is 29.6 Å². The summed E-state index contributed by atoms with van der Waals surface area (Å²) in [6.07, 6.45) is 0. The van der Waals surface area contributed by atoms with Crippen LogP contribution in [0.25, 0.3) is 10.2 Å². The first-order valence-corrected chi connectivity index (χ1v) is 8.28. The Morgan fingerprint density at radius 1 is 1.23 bits per heavy atom. The minimum Gasteiger partial charge on any atom is -0.452 e. The van der Waals surface area contributed by atoms with E-state index in [9.17, 15) is 9.59 Å². The maximum atomic E-state index is 11.9. The third-order valence-electron chi connectivity index (χ3n) is 2.94. The van der Waals surface area contributed by atoms with Crippen LogP contribution >= 0.6 is 22.7 Å². The molecular weight excluding hydrogens is 320 g/mol. The predicted molar refractivity (Wildman–Crippen MR) is 86.1 cm³/mol. The zero-order valence-corrected chi connectivity index (χ0v) is 13.1. The predicted octanol–water partition coefficient (Wildman–Crippen LogP) is 2.83. The minimum absolute atomic E-state index is 0.287. The summed E-state index contributed by atoms with van der Waals surface area (Å²) in [4.78, 5) is 28.8. The molecule has 1 aromatic carbocycles. The highest BCUT2D eigenvalue weighted by atomic mass is 32.1. The van der Waals surface area contributed by atoms with Crippen molar-refractivity contribution in [2.75, 3.05) is 6.61 Å². The summed E-state index contributed by atoms with van der Waals surface area (Å²) < 4.78 is 5.94. The Morgan fingerprint density at radius 2 is 2.14 bits per heavy atom. The number of thiazole rings is 1. The smallest absolute Gasteiger partial charge is 0.338 e. The molecule has 3 aromatic rings. The van der Waals surface area contributed by atoms with Gasteiger partial charge in [0.15, 0.2) is 6.61 Å². The van der Waals surface area contributed by atoms with E-state index in [1.807, 2.05) is 17.5 Å². The largest absolute Gasteiger partial charge is 0.452 e. The lowest BCUT2D eigenvalue weighted by atomic mass is 10.2. The van der Waals surface area contributed by atoms with Crippen LogP contribution in [0.5, 0.6) is 0 Å². The first-order chi connectivity index (χ1) is 10.7. The molecule has 2 heterocycles. The van der Waals surface area contributed by atoms with Gasteiger partial charge in [-0.3, -0.25) is 4.79 Å². The number of amides is 1. The number of esters is 1. The van der Waals surface area contributed by atoms with Crippen molar-refractivity contribution in [1.29, 1.82) is 0 Å². The molecule has 0 unspecified atom stereocenters. The van der Waals surface area contributed by atoms with Crippen molar-refractivity contribution in [3.05, 3.63) is 51.7 Å². The van der Waals surface area contributed by atoms with Crippen molar-refractivity contribution in [2.24, 2.45) is 0 Å². The fourth-order valence-electron chi connectivity index (χ4n) is 1.85. The number of ether oxygens (including phenoxy) is 1. The van der Waals surface area contributed by atoms with Crippen molar-refractivity contribution in [2.45, 2.75) is 6.54 Å². The molecule has 7 heteroatoms. The molecule has 0 bridgehead atoms. The number of thiophene rings is 1. The molecule has 0 fully saturated rings. The number of fused-ring (bicyclic) bond motifs is 1. The highest BCUT2D eigenvalue weighted by Crippen LogP contribution is 2.19. The van der Waals surface area contributed by atoms with Gasteiger partial charge in [0.1, 0.15) is 0 Å². The quantitative estimate of drug-likeness (QED) is 0.730. The summed E-state index contributed by atoms with van der Waals surface area (Å²) in [5.41, 5.74) is 2.98. The second kappa shape index (κ2) is 6.67. The monoisotopic (exact) mass is 332 g/mol. The molecule has 0 spiro atoms. The summed E-state index contributed by atoms with van der Waals surface area (Å²) >= 11 is 3.01. The third kappa shape index (κ3) is 3.49. The molecule has 0 aliphatic rings. The summed E-state index contributed by atoms with van der Waals surface area (Å²) in [6, 6.07) is 8.98. The average Bonchev–Trinajstić information content (AvgIpc) is 3.20. The molecule has 0 radical (unpaired) electrons. The van der Waals surface area contributed by atoms with Gasteiger partial charge in [0, 0.05) is 4.88 Å². The van der Waals surface area contributed by atoms with Gasteiger partial charge in [-0.15, -0.1) is 22.7 Å². The van der Waals surface area contributed by atoms with E-state index in [0.29, 0.717) is 12.1 Å². The number of nitrogens with zero attached hydrogens (tertiary/aromatic N) is 1. The molecule has 0 aliphatic carbocycles. The highest BCUT2D eigenvalue weighted by molar-refractivity contribution is 7.16. The van der Waals surface area contributed by atoms with Crippen LogP contribution in [0.2, 0.25) is 0 Å². The van der Waals surface area contributed by atoms with Gasteiger partial charge in [0.05, 0.1) is 27.8 Å². The van der Waals surface area contributed by atoms with E-state index in [2.05, 4.69) is 10.3 Å². The van der Waals surface area contributed by atoms with E-state index in [1.165, 1.54) is 11.3 Å². The van der Waals surface area contributed by atoms with Crippen LogP contribution < -0.4 is 5.32 Å². The Balaban J connectivity index is 1.51. The van der Waals surface area contributed by atoms with Gasteiger partial charge in [-0.2, -0.15) is 0 Å². The van der Waals surface area contributed by atoms with E-state index in [0.717, 1.165) is 15.1 Å². The van der Waals surface area contributed by atoms with Gasteiger partial charge < -0.3 is 10.1 Å². The van der Waals surface area contributed by atoms with Gasteiger partial charge in [-0.25, -0.2) is 9.78 Å². The van der Waals surface area contributed by atoms with Gasteiger partial charge in [0.2, 0.25) is 0 Å². The summed E-state index contributed by atoms with van der Waals surface area (Å²) in [5, 5.41) is 4.65. The first-order valence-electron chi connectivity index (χ1n) is 6.52. The molecule has 0 aliphatic heterocycles. The molecule has 0 atom stereocenters. The Labute approximate surface area is 134 Å². The van der Waals surface area contributed by atoms with E-state index in [1.54, 1.807) is 35.0 Å². The SMILES string of the molecule is O=C(COC(=O)c1ccc2ncsc2c1)NCc1cccs1. The van der Waals surface area contributed by atoms with E-state index >= 15 is 0 Å². The zero-order valence-electron chi connectivity index (χ0n) is 11.4. The molecule has 3 rings (SSSR count). The Morgan fingerprint density at radius 3 is 2.95 bits per heavy atom. The summed E-state index contributed by atoms with van der Waals surface area (Å²) in [5.74, 6) is -0.831. The Hall–Kier alpha value is -2.25. The number of aromatic nitrogens is 1. The Bertz CT molecular complexity index is 796. The lowest BCUT2D eigenvalue weighted by Gasteiger charge is -2.05. The Kier molecular flexibility index (Phi) is 4.45. The van der Waals surface area contributed by atoms with Gasteiger partial charge in [0.25, 0.3) is 5.91 Å². The molecule has 0 saturated carbocycles. The fourth-order valence-corrected chi connectivity index (χ4v) is 3.21. The fraction of sp³-hybridized carbons (Fsp3) is 0.133. The number of rotatable bonds is 5. The summed E-state index contributed by atoms with van der Waals surface area (Å²) in [6.45, 7) is 0.159. The molecule has 1 amide bonds. The molecule has 2 aromatic heterocycles. The lowest BCUT2D eigenvalue weighted by Crippen LogP contribution is -2.28. The van der Waals surface area contributed by atoms with Crippen molar-refractivity contribution in [1.82, 2.24) is 10.3 Å². The maximum absolute atomic E-state index is 11.9. The number of benzene rings is 1. The van der Waals surface area contributed by atoms with Crippen molar-refractivity contribution in [3.8, 4) is 0 Å². The normalized spacial score (nSPS) is 10.5. The van der Waals surface area contributed by atoms with E-state index in [4.69, 9.17) is 4.74 Å². The lowest BCUT2D eigenvalue weighted by molar-refractivity contribution is -0.124. The zero-order chi connectivity index (χ0) is 15.4. The van der Waals surface area contributed by atoms with E-state index < -0.39 is 5.97 Å². The van der Waals surface area contributed by atoms with Crippen LogP contribution in [-0.4, -0.2) is 23.5 Å². The minimum atomic E-state index is -0.512. The van der Waals surface area contributed by atoms with Crippen LogP contribution in [0.15, 0.2) is 41.2 Å². The van der Waals surface area contributed by atoms with Crippen LogP contribution in [0.4, 0.5) is 0 Å². The molecule has 112 valence electrons. The number of nitrogens with one attached hydrogen (secondary N) is 1. The van der Waals surface area contributed by atoms with Gasteiger partial charge >= 0.3 is 5.97 Å². The maximum Gasteiger partial charge on any atom is 0.338 e. The van der Waals surface area contributed by atoms with Crippen LogP contribution in [-0.2, 0) is 16.1 Å². The van der Waals surface area contributed by atoms with Crippen molar-refractivity contribution < 1.29 is 14.3 Å². The molecular formula is C15H12N2O3S2. The average molecular weight is 332 g/mol. The first kappa shape index (κ1) is 14.7. The van der Waals surface area contributed by atoms with E-state index in [-0.39, 0.29) is 12.5 Å². The molecule has 1 N–H and O–H groups in total. The van der Waals surface area contributed by atoms with Crippen LogP contribution in [0, 0.1) is 0 Å². The molecule has 22 heavy (non-hydrogen) atoms. The number of hydrogen-bond donors (Lipinski definition) is 1. The van der Waals surface area contributed by atoms with Crippen molar-refractivity contribution >= 4 is 44.8 Å². The summed E-state index contributed by atoms with van der Waals surface area (Å²) in [7, 11) is 0. The highest BCUT2D eigenvalue weighted by Gasteiger charge is 2.11. The molecule has 5 nitrogen and oxygen atoms in total. The molecule has 0 saturated heterocycles.